The molecule has 2 fully saturated rings. The summed E-state index contributed by atoms with van der Waals surface area (Å²) in [6.07, 6.45) is 0. The molecule has 0 radical (unpaired) electrons. The van der Waals surface area contributed by atoms with Crippen LogP contribution in [0.2, 0.25) is 5.02 Å². The van der Waals surface area contributed by atoms with E-state index in [0.717, 1.165) is 17.6 Å². The van der Waals surface area contributed by atoms with Crippen molar-refractivity contribution in [3.8, 4) is 0 Å². The molecule has 2 aromatic rings. The van der Waals surface area contributed by atoms with Gasteiger partial charge in [-0.3, -0.25) is 9.59 Å². The number of ether oxygens (including phenoxy) is 1. The number of hydrogen-bond acceptors (Lipinski definition) is 4. The number of amides is 2. The van der Waals surface area contributed by atoms with Crippen molar-refractivity contribution in [2.24, 2.45) is 5.92 Å². The maximum atomic E-state index is 15.7. The minimum Gasteiger partial charge on any atom is -0.467 e. The Balaban J connectivity index is 1.87. The predicted molar refractivity (Wildman–Crippen MR) is 96.1 cm³/mol. The highest BCUT2D eigenvalue weighted by Gasteiger charge is 2.94. The summed E-state index contributed by atoms with van der Waals surface area (Å²) >= 11 is 5.86. The van der Waals surface area contributed by atoms with Gasteiger partial charge in [0, 0.05) is 5.02 Å². The fourth-order valence-electron chi connectivity index (χ4n) is 4.06. The molecule has 0 N–H and O–H groups in total. The van der Waals surface area contributed by atoms with Crippen LogP contribution in [0, 0.1) is 12.8 Å². The molecule has 2 aromatic carbocycles. The van der Waals surface area contributed by atoms with Crippen LogP contribution in [0.15, 0.2) is 48.5 Å². The molecule has 1 saturated carbocycles. The molecule has 0 spiro atoms. The summed E-state index contributed by atoms with van der Waals surface area (Å²) in [6, 6.07) is 12.6. The number of piperidine rings is 1. The Morgan fingerprint density at radius 1 is 1.11 bits per heavy atom. The highest BCUT2D eigenvalue weighted by Crippen LogP contribution is 2.71. The van der Waals surface area contributed by atoms with Gasteiger partial charge in [-0.05, 0) is 36.8 Å². The molecular weight excluding hydrogens is 373 g/mol. The van der Waals surface area contributed by atoms with Gasteiger partial charge in [0.2, 0.25) is 17.5 Å². The molecule has 27 heavy (non-hydrogen) atoms. The summed E-state index contributed by atoms with van der Waals surface area (Å²) in [7, 11) is 1.03. The number of carbonyl (C=O) groups is 3. The van der Waals surface area contributed by atoms with Gasteiger partial charge < -0.3 is 4.74 Å². The number of fused-ring (bicyclic) bond motifs is 1. The van der Waals surface area contributed by atoms with Gasteiger partial charge in [-0.2, -0.15) is 0 Å². The van der Waals surface area contributed by atoms with Crippen molar-refractivity contribution in [2.75, 3.05) is 12.0 Å². The normalized spacial score (nSPS) is 28.9. The number of hydrogen-bond donors (Lipinski definition) is 0. The summed E-state index contributed by atoms with van der Waals surface area (Å²) < 4.78 is 20.3. The zero-order chi connectivity index (χ0) is 19.6. The lowest BCUT2D eigenvalue weighted by atomic mass is 9.90. The molecule has 0 bridgehead atoms. The summed E-state index contributed by atoms with van der Waals surface area (Å²) in [6.45, 7) is 1.84. The number of carbonyl (C=O) groups excluding carboxylic acids is 3. The standard InChI is InChI=1S/C20H15ClFNO4/c1-11-3-5-12(6-4-11)19-15(20(19,22)18(26)27-2)16(24)23(17(19)25)14-9-7-13(21)8-10-14/h3-10,15H,1-2H3/t15-,19-,20+/m0/s1. The minimum absolute atomic E-state index is 0.278. The van der Waals surface area contributed by atoms with Crippen LogP contribution >= 0.6 is 11.6 Å². The van der Waals surface area contributed by atoms with Gasteiger partial charge in [-0.25, -0.2) is 14.1 Å². The predicted octanol–water partition coefficient (Wildman–Crippen LogP) is 2.97. The fraction of sp³-hybridized carbons (Fsp3) is 0.250. The van der Waals surface area contributed by atoms with Gasteiger partial charge in [-0.1, -0.05) is 41.4 Å². The van der Waals surface area contributed by atoms with Crippen molar-refractivity contribution in [3.63, 3.8) is 0 Å². The quantitative estimate of drug-likeness (QED) is 0.600. The van der Waals surface area contributed by atoms with Crippen molar-refractivity contribution in [1.82, 2.24) is 0 Å². The van der Waals surface area contributed by atoms with E-state index in [1.165, 1.54) is 24.3 Å². The third-order valence-corrected chi connectivity index (χ3v) is 5.66. The Hall–Kier alpha value is -2.73. The second-order valence-corrected chi connectivity index (χ2v) is 7.20. The molecule has 1 aliphatic heterocycles. The second kappa shape index (κ2) is 5.63. The van der Waals surface area contributed by atoms with Crippen LogP contribution < -0.4 is 4.90 Å². The van der Waals surface area contributed by atoms with Crippen LogP contribution in [0.1, 0.15) is 11.1 Å². The molecule has 7 heteroatoms. The van der Waals surface area contributed by atoms with Crippen LogP contribution in [0.4, 0.5) is 10.1 Å². The number of rotatable bonds is 3. The smallest absolute Gasteiger partial charge is 0.346 e. The summed E-state index contributed by atoms with van der Waals surface area (Å²) in [5, 5.41) is 0.436. The molecule has 1 aliphatic carbocycles. The molecule has 138 valence electrons. The van der Waals surface area contributed by atoms with E-state index in [4.69, 9.17) is 11.6 Å². The van der Waals surface area contributed by atoms with Crippen LogP contribution in [0.3, 0.4) is 0 Å². The van der Waals surface area contributed by atoms with E-state index in [0.29, 0.717) is 5.02 Å². The zero-order valence-corrected chi connectivity index (χ0v) is 15.3. The molecule has 1 heterocycles. The Bertz CT molecular complexity index is 974. The Kier molecular flexibility index (Phi) is 3.69. The Labute approximate surface area is 159 Å². The molecular formula is C20H15ClFNO4. The molecule has 0 aromatic heterocycles. The first-order valence-corrected chi connectivity index (χ1v) is 8.66. The first kappa shape index (κ1) is 17.7. The highest BCUT2D eigenvalue weighted by molar-refractivity contribution is 6.34. The fourth-order valence-corrected chi connectivity index (χ4v) is 4.18. The van der Waals surface area contributed by atoms with Crippen molar-refractivity contribution in [1.29, 1.82) is 0 Å². The molecule has 2 aliphatic rings. The number of esters is 1. The van der Waals surface area contributed by atoms with Gasteiger partial charge in [0.1, 0.15) is 11.3 Å². The molecule has 5 nitrogen and oxygen atoms in total. The van der Waals surface area contributed by atoms with E-state index < -0.39 is 34.8 Å². The third kappa shape index (κ3) is 2.02. The van der Waals surface area contributed by atoms with Crippen LogP contribution in [0.25, 0.3) is 0 Å². The van der Waals surface area contributed by atoms with E-state index in [9.17, 15) is 14.4 Å². The average Bonchev–Trinajstić information content (AvgIpc) is 3.15. The topological polar surface area (TPSA) is 63.7 Å². The molecule has 2 amide bonds. The van der Waals surface area contributed by atoms with Crippen molar-refractivity contribution in [2.45, 2.75) is 18.0 Å². The number of alkyl halides is 1. The van der Waals surface area contributed by atoms with Crippen molar-refractivity contribution >= 4 is 35.1 Å². The number of imide groups is 1. The van der Waals surface area contributed by atoms with Gasteiger partial charge >= 0.3 is 5.97 Å². The maximum Gasteiger partial charge on any atom is 0.346 e. The van der Waals surface area contributed by atoms with Crippen LogP contribution in [0.5, 0.6) is 0 Å². The average molecular weight is 388 g/mol. The lowest BCUT2D eigenvalue weighted by Gasteiger charge is -2.24. The van der Waals surface area contributed by atoms with Crippen molar-refractivity contribution in [3.05, 3.63) is 64.7 Å². The number of benzene rings is 2. The largest absolute Gasteiger partial charge is 0.467 e. The number of halogens is 2. The summed E-state index contributed by atoms with van der Waals surface area (Å²) in [5.41, 5.74) is -3.17. The maximum absolute atomic E-state index is 15.7. The van der Waals surface area contributed by atoms with E-state index >= 15 is 4.39 Å². The number of aryl methyl sites for hydroxylation is 1. The zero-order valence-electron chi connectivity index (χ0n) is 14.5. The van der Waals surface area contributed by atoms with E-state index in [-0.39, 0.29) is 11.3 Å². The van der Waals surface area contributed by atoms with E-state index in [1.807, 2.05) is 6.92 Å². The SMILES string of the molecule is COC(=O)[C@]1(F)[C@H]2C(=O)N(c3ccc(Cl)cc3)C(=O)[C@]21c1ccc(C)cc1. The Morgan fingerprint density at radius 3 is 2.26 bits per heavy atom. The summed E-state index contributed by atoms with van der Waals surface area (Å²) in [5.74, 6) is -4.22. The molecule has 4 rings (SSSR count). The van der Waals surface area contributed by atoms with Gasteiger partial charge in [0.05, 0.1) is 12.8 Å². The van der Waals surface area contributed by atoms with E-state index in [2.05, 4.69) is 4.74 Å². The molecule has 0 unspecified atom stereocenters. The highest BCUT2D eigenvalue weighted by atomic mass is 35.5. The summed E-state index contributed by atoms with van der Waals surface area (Å²) in [4.78, 5) is 39.4. The second-order valence-electron chi connectivity index (χ2n) is 6.77. The first-order chi connectivity index (χ1) is 12.8. The number of anilines is 1. The van der Waals surface area contributed by atoms with Crippen LogP contribution in [-0.4, -0.2) is 30.6 Å². The number of methoxy groups -OCH3 is 1. The van der Waals surface area contributed by atoms with Crippen molar-refractivity contribution < 1.29 is 23.5 Å². The van der Waals surface area contributed by atoms with Gasteiger partial charge in [-0.15, -0.1) is 0 Å². The monoisotopic (exact) mass is 387 g/mol. The lowest BCUT2D eigenvalue weighted by molar-refractivity contribution is -0.152. The first-order valence-electron chi connectivity index (χ1n) is 8.28. The van der Waals surface area contributed by atoms with Crippen LogP contribution in [-0.2, 0) is 24.5 Å². The molecule has 1 saturated heterocycles. The Morgan fingerprint density at radius 2 is 1.70 bits per heavy atom. The van der Waals surface area contributed by atoms with Gasteiger partial charge in [0.25, 0.3) is 0 Å². The minimum atomic E-state index is -2.71. The molecule has 3 atom stereocenters. The van der Waals surface area contributed by atoms with Gasteiger partial charge in [0.15, 0.2) is 0 Å². The lowest BCUT2D eigenvalue weighted by Crippen LogP contribution is -2.46. The number of nitrogens with zero attached hydrogens (tertiary/aromatic N) is 1. The third-order valence-electron chi connectivity index (χ3n) is 5.40. The van der Waals surface area contributed by atoms with E-state index in [1.54, 1.807) is 24.3 Å².